The zero-order valence-electron chi connectivity index (χ0n) is 16.7. The lowest BCUT2D eigenvalue weighted by atomic mass is 9.76. The third kappa shape index (κ3) is 3.65. The van der Waals surface area contributed by atoms with Crippen LogP contribution >= 0.6 is 0 Å². The topological polar surface area (TPSA) is 46.5 Å². The van der Waals surface area contributed by atoms with Crippen molar-refractivity contribution in [3.05, 3.63) is 78.4 Å². The van der Waals surface area contributed by atoms with Crippen LogP contribution in [0.4, 0.5) is 0 Å². The molecule has 0 spiro atoms. The second-order valence-electron chi connectivity index (χ2n) is 7.40. The van der Waals surface area contributed by atoms with Crippen molar-refractivity contribution in [1.82, 2.24) is 0 Å². The Labute approximate surface area is 166 Å². The average molecular weight is 374 g/mol. The van der Waals surface area contributed by atoms with Gasteiger partial charge in [0, 0.05) is 5.56 Å². The lowest BCUT2D eigenvalue weighted by Gasteiger charge is -2.30. The summed E-state index contributed by atoms with van der Waals surface area (Å²) in [5.41, 5.74) is 3.64. The number of carboxylic acid groups (broad SMARTS) is 1. The van der Waals surface area contributed by atoms with Crippen molar-refractivity contribution >= 4 is 16.7 Å². The summed E-state index contributed by atoms with van der Waals surface area (Å²) in [6.07, 6.45) is 3.82. The lowest BCUT2D eigenvalue weighted by Crippen LogP contribution is -2.21. The van der Waals surface area contributed by atoms with Gasteiger partial charge in [0.25, 0.3) is 0 Å². The molecule has 0 radical (unpaired) electrons. The van der Waals surface area contributed by atoms with Crippen LogP contribution in [0.3, 0.4) is 0 Å². The highest BCUT2D eigenvalue weighted by Gasteiger charge is 2.27. The number of carbonyl (C=O) groups is 1. The number of ether oxygens (including phenoxy) is 1. The first-order valence-corrected chi connectivity index (χ1v) is 9.48. The molecule has 0 aliphatic heterocycles. The highest BCUT2D eigenvalue weighted by molar-refractivity contribution is 5.95. The fourth-order valence-electron chi connectivity index (χ4n) is 3.68. The summed E-state index contributed by atoms with van der Waals surface area (Å²) in [5.74, 6) is -0.0197. The maximum Gasteiger partial charge on any atom is 0.335 e. The molecule has 3 aromatic rings. The van der Waals surface area contributed by atoms with Gasteiger partial charge < -0.3 is 9.84 Å². The van der Waals surface area contributed by atoms with Crippen molar-refractivity contribution in [1.29, 1.82) is 0 Å². The van der Waals surface area contributed by atoms with Gasteiger partial charge in [0.2, 0.25) is 0 Å². The van der Waals surface area contributed by atoms with Crippen molar-refractivity contribution in [3.8, 4) is 16.9 Å². The van der Waals surface area contributed by atoms with E-state index >= 15 is 0 Å². The number of hydrogen-bond donors (Lipinski definition) is 1. The van der Waals surface area contributed by atoms with E-state index in [4.69, 9.17) is 4.74 Å². The Morgan fingerprint density at radius 2 is 1.71 bits per heavy atom. The van der Waals surface area contributed by atoms with Gasteiger partial charge in [-0.05, 0) is 70.5 Å². The molecule has 3 aromatic carbocycles. The predicted molar refractivity (Wildman–Crippen MR) is 115 cm³/mol. The van der Waals surface area contributed by atoms with Crippen molar-refractivity contribution in [2.75, 3.05) is 7.11 Å². The standard InChI is InChI=1S/C25H26O3/c1-5-13-25(3,6-2)22-16-20(11-12-23(22)28-4)18-7-8-19-15-21(24(26)27)10-9-17(19)14-18/h5,7-12,14-16H,1,6,13H2,2-4H3,(H,26,27). The molecule has 1 unspecified atom stereocenters. The minimum Gasteiger partial charge on any atom is -0.496 e. The number of rotatable bonds is 7. The minimum atomic E-state index is -0.910. The second-order valence-corrected chi connectivity index (χ2v) is 7.40. The number of methoxy groups -OCH3 is 1. The molecule has 3 nitrogen and oxygen atoms in total. The number of hydrogen-bond acceptors (Lipinski definition) is 2. The summed E-state index contributed by atoms with van der Waals surface area (Å²) in [7, 11) is 1.71. The van der Waals surface area contributed by atoms with E-state index in [9.17, 15) is 9.90 Å². The first-order valence-electron chi connectivity index (χ1n) is 9.48. The largest absolute Gasteiger partial charge is 0.496 e. The Morgan fingerprint density at radius 1 is 1.07 bits per heavy atom. The smallest absolute Gasteiger partial charge is 0.335 e. The van der Waals surface area contributed by atoms with Gasteiger partial charge in [-0.15, -0.1) is 6.58 Å². The fourth-order valence-corrected chi connectivity index (χ4v) is 3.68. The monoisotopic (exact) mass is 374 g/mol. The summed E-state index contributed by atoms with van der Waals surface area (Å²) in [4.78, 5) is 11.2. The normalized spacial score (nSPS) is 13.1. The van der Waals surface area contributed by atoms with Crippen LogP contribution in [0.2, 0.25) is 0 Å². The quantitative estimate of drug-likeness (QED) is 0.483. The summed E-state index contributed by atoms with van der Waals surface area (Å²) in [6, 6.07) is 17.6. The Hall–Kier alpha value is -3.07. The van der Waals surface area contributed by atoms with E-state index in [1.54, 1.807) is 19.2 Å². The van der Waals surface area contributed by atoms with Crippen molar-refractivity contribution < 1.29 is 14.6 Å². The van der Waals surface area contributed by atoms with E-state index in [1.165, 1.54) is 5.56 Å². The van der Waals surface area contributed by atoms with Gasteiger partial charge in [-0.25, -0.2) is 4.79 Å². The third-order valence-electron chi connectivity index (χ3n) is 5.65. The molecule has 1 atom stereocenters. The van der Waals surface area contributed by atoms with Crippen molar-refractivity contribution in [2.45, 2.75) is 32.1 Å². The molecule has 1 N–H and O–H groups in total. The molecule has 0 amide bonds. The first-order chi connectivity index (χ1) is 13.4. The number of carboxylic acids is 1. The van der Waals surface area contributed by atoms with Crippen LogP contribution in [0, 0.1) is 0 Å². The number of fused-ring (bicyclic) bond motifs is 1. The Kier molecular flexibility index (Phi) is 5.55. The molecular formula is C25H26O3. The van der Waals surface area contributed by atoms with Gasteiger partial charge in [0.05, 0.1) is 12.7 Å². The Balaban J connectivity index is 2.10. The molecule has 0 saturated heterocycles. The van der Waals surface area contributed by atoms with Gasteiger partial charge in [-0.3, -0.25) is 0 Å². The predicted octanol–water partition coefficient (Wildman–Crippen LogP) is 6.46. The van der Waals surface area contributed by atoms with E-state index < -0.39 is 5.97 Å². The van der Waals surface area contributed by atoms with Crippen LogP contribution in [-0.4, -0.2) is 18.2 Å². The number of benzene rings is 3. The number of aromatic carboxylic acids is 1. The zero-order valence-corrected chi connectivity index (χ0v) is 16.7. The van der Waals surface area contributed by atoms with E-state index in [2.05, 4.69) is 38.6 Å². The van der Waals surface area contributed by atoms with Crippen LogP contribution in [0.25, 0.3) is 21.9 Å². The molecule has 28 heavy (non-hydrogen) atoms. The average Bonchev–Trinajstić information content (AvgIpc) is 2.72. The Morgan fingerprint density at radius 3 is 2.36 bits per heavy atom. The molecule has 0 saturated carbocycles. The highest BCUT2D eigenvalue weighted by Crippen LogP contribution is 2.40. The Bertz CT molecular complexity index is 1040. The molecule has 3 heteroatoms. The van der Waals surface area contributed by atoms with E-state index in [0.29, 0.717) is 5.56 Å². The van der Waals surface area contributed by atoms with Crippen LogP contribution in [0.1, 0.15) is 42.6 Å². The van der Waals surface area contributed by atoms with Crippen LogP contribution in [0.5, 0.6) is 5.75 Å². The minimum absolute atomic E-state index is 0.0453. The molecule has 0 bridgehead atoms. The van der Waals surface area contributed by atoms with Gasteiger partial charge in [0.15, 0.2) is 0 Å². The summed E-state index contributed by atoms with van der Waals surface area (Å²) in [6.45, 7) is 8.35. The van der Waals surface area contributed by atoms with E-state index in [0.717, 1.165) is 40.5 Å². The molecule has 3 rings (SSSR count). The highest BCUT2D eigenvalue weighted by atomic mass is 16.5. The van der Waals surface area contributed by atoms with Crippen LogP contribution in [0.15, 0.2) is 67.3 Å². The summed E-state index contributed by atoms with van der Waals surface area (Å²) < 4.78 is 5.65. The fraction of sp³-hybridized carbons (Fsp3) is 0.240. The molecular weight excluding hydrogens is 348 g/mol. The van der Waals surface area contributed by atoms with Crippen LogP contribution in [-0.2, 0) is 5.41 Å². The van der Waals surface area contributed by atoms with E-state index in [-0.39, 0.29) is 5.41 Å². The van der Waals surface area contributed by atoms with Crippen LogP contribution < -0.4 is 4.74 Å². The van der Waals surface area contributed by atoms with Crippen molar-refractivity contribution in [3.63, 3.8) is 0 Å². The first kappa shape index (κ1) is 19.7. The molecule has 0 aliphatic carbocycles. The second kappa shape index (κ2) is 7.89. The maximum absolute atomic E-state index is 11.2. The van der Waals surface area contributed by atoms with Crippen molar-refractivity contribution in [2.24, 2.45) is 0 Å². The third-order valence-corrected chi connectivity index (χ3v) is 5.65. The molecule has 0 heterocycles. The molecule has 144 valence electrons. The SMILES string of the molecule is C=CCC(C)(CC)c1cc(-c2ccc3cc(C(=O)O)ccc3c2)ccc1OC. The maximum atomic E-state index is 11.2. The van der Waals surface area contributed by atoms with Gasteiger partial charge >= 0.3 is 5.97 Å². The van der Waals surface area contributed by atoms with Gasteiger partial charge in [0.1, 0.15) is 5.75 Å². The lowest BCUT2D eigenvalue weighted by molar-refractivity contribution is 0.0697. The summed E-state index contributed by atoms with van der Waals surface area (Å²) in [5, 5.41) is 11.1. The zero-order chi connectivity index (χ0) is 20.3. The summed E-state index contributed by atoms with van der Waals surface area (Å²) >= 11 is 0. The van der Waals surface area contributed by atoms with E-state index in [1.807, 2.05) is 30.3 Å². The molecule has 0 aliphatic rings. The molecule has 0 fully saturated rings. The number of allylic oxidation sites excluding steroid dienone is 1. The van der Waals surface area contributed by atoms with Gasteiger partial charge in [-0.2, -0.15) is 0 Å². The van der Waals surface area contributed by atoms with Gasteiger partial charge in [-0.1, -0.05) is 44.2 Å². The molecule has 0 aromatic heterocycles.